The van der Waals surface area contributed by atoms with Crippen LogP contribution in [-0.2, 0) is 22.4 Å². The first kappa shape index (κ1) is 23.0. The SMILES string of the molecule is CC(C)=C1[C@H]2CC[C@H]1[C@@H](C(=O)NNC(=O)c1csc3c1CC[C@@H](C(C)(C)C)C3)[C@@H]2C(=O)O. The predicted molar refractivity (Wildman–Crippen MR) is 124 cm³/mol. The number of hydrogen-bond donors (Lipinski definition) is 3. The van der Waals surface area contributed by atoms with Crippen molar-refractivity contribution in [2.45, 2.75) is 66.7 Å². The summed E-state index contributed by atoms with van der Waals surface area (Å²) in [7, 11) is 0. The predicted octanol–water partition coefficient (Wildman–Crippen LogP) is 4.35. The number of nitrogens with one attached hydrogen (secondary N) is 2. The average molecular weight is 459 g/mol. The summed E-state index contributed by atoms with van der Waals surface area (Å²) >= 11 is 1.62. The van der Waals surface area contributed by atoms with Gasteiger partial charge in [-0.15, -0.1) is 11.3 Å². The standard InChI is InChI=1S/C25H34N2O4S/c1-12(2)19-15-8-9-16(19)21(24(30)31)20(15)23(29)27-26-22(28)17-11-32-18-10-13(25(3,4)5)6-7-14(17)18/h11,13,15-16,20-21H,6-10H2,1-5H3,(H,26,28)(H,27,29)(H,30,31)/t13-,15-,16-,20-,21-/m1/s1. The molecule has 0 spiro atoms. The molecular formula is C25H34N2O4S. The lowest BCUT2D eigenvalue weighted by atomic mass is 9.72. The molecule has 2 saturated carbocycles. The van der Waals surface area contributed by atoms with Crippen molar-refractivity contribution in [2.75, 3.05) is 0 Å². The van der Waals surface area contributed by atoms with E-state index in [1.54, 1.807) is 11.3 Å². The molecule has 1 heterocycles. The van der Waals surface area contributed by atoms with Crippen molar-refractivity contribution in [2.24, 2.45) is 35.0 Å². The summed E-state index contributed by atoms with van der Waals surface area (Å²) in [5.41, 5.74) is 9.34. The van der Waals surface area contributed by atoms with Crippen LogP contribution in [0.4, 0.5) is 0 Å². The summed E-state index contributed by atoms with van der Waals surface area (Å²) in [5.74, 6) is -2.53. The smallest absolute Gasteiger partial charge is 0.307 e. The number of carbonyl (C=O) groups excluding carboxylic acids is 2. The first-order valence-electron chi connectivity index (χ1n) is 11.6. The van der Waals surface area contributed by atoms with Gasteiger partial charge in [0.2, 0.25) is 5.91 Å². The number of carbonyl (C=O) groups is 3. The highest BCUT2D eigenvalue weighted by molar-refractivity contribution is 7.10. The number of aliphatic carboxylic acids is 1. The Morgan fingerprint density at radius 1 is 1.03 bits per heavy atom. The van der Waals surface area contributed by atoms with Gasteiger partial charge in [0, 0.05) is 10.3 Å². The molecule has 1 aromatic rings. The molecule has 1 aromatic heterocycles. The van der Waals surface area contributed by atoms with Crippen LogP contribution >= 0.6 is 11.3 Å². The molecule has 0 saturated heterocycles. The highest BCUT2D eigenvalue weighted by Gasteiger charge is 2.57. The van der Waals surface area contributed by atoms with Gasteiger partial charge in [-0.2, -0.15) is 0 Å². The molecule has 0 unspecified atom stereocenters. The Hall–Kier alpha value is -2.15. The number of amides is 2. The molecule has 0 aliphatic heterocycles. The first-order chi connectivity index (χ1) is 15.0. The second kappa shape index (κ2) is 8.32. The van der Waals surface area contributed by atoms with Gasteiger partial charge in [-0.25, -0.2) is 0 Å². The van der Waals surface area contributed by atoms with E-state index >= 15 is 0 Å². The van der Waals surface area contributed by atoms with Gasteiger partial charge in [0.1, 0.15) is 0 Å². The number of hydrogen-bond acceptors (Lipinski definition) is 4. The van der Waals surface area contributed by atoms with Crippen LogP contribution in [0.15, 0.2) is 16.5 Å². The van der Waals surface area contributed by atoms with E-state index in [9.17, 15) is 19.5 Å². The van der Waals surface area contributed by atoms with Crippen LogP contribution in [0.5, 0.6) is 0 Å². The molecule has 32 heavy (non-hydrogen) atoms. The van der Waals surface area contributed by atoms with Gasteiger partial charge in [0.25, 0.3) is 5.91 Å². The zero-order chi connectivity index (χ0) is 23.4. The molecule has 3 aliphatic carbocycles. The third-order valence-electron chi connectivity index (χ3n) is 7.93. The van der Waals surface area contributed by atoms with E-state index < -0.39 is 23.7 Å². The Balaban J connectivity index is 1.44. The molecule has 2 fully saturated rings. The fraction of sp³-hybridized carbons (Fsp3) is 0.640. The second-order valence-electron chi connectivity index (χ2n) is 10.9. The number of carboxylic acid groups (broad SMARTS) is 1. The lowest BCUT2D eigenvalue weighted by Crippen LogP contribution is -2.48. The summed E-state index contributed by atoms with van der Waals surface area (Å²) in [6.07, 6.45) is 4.55. The molecule has 2 amide bonds. The third kappa shape index (κ3) is 3.89. The van der Waals surface area contributed by atoms with Crippen molar-refractivity contribution in [1.29, 1.82) is 0 Å². The van der Waals surface area contributed by atoms with Crippen molar-refractivity contribution in [3.63, 3.8) is 0 Å². The highest BCUT2D eigenvalue weighted by Crippen LogP contribution is 2.57. The van der Waals surface area contributed by atoms with E-state index in [0.29, 0.717) is 11.5 Å². The molecule has 174 valence electrons. The highest BCUT2D eigenvalue weighted by atomic mass is 32.1. The average Bonchev–Trinajstić information content (AvgIpc) is 3.41. The van der Waals surface area contributed by atoms with E-state index in [2.05, 4.69) is 31.6 Å². The summed E-state index contributed by atoms with van der Waals surface area (Å²) in [6, 6.07) is 0. The van der Waals surface area contributed by atoms with Crippen molar-refractivity contribution in [1.82, 2.24) is 10.9 Å². The maximum atomic E-state index is 13.0. The largest absolute Gasteiger partial charge is 0.481 e. The van der Waals surface area contributed by atoms with E-state index in [4.69, 9.17) is 0 Å². The number of fused-ring (bicyclic) bond motifs is 3. The minimum atomic E-state index is -0.928. The quantitative estimate of drug-likeness (QED) is 0.463. The maximum absolute atomic E-state index is 13.0. The maximum Gasteiger partial charge on any atom is 0.307 e. The Kier molecular flexibility index (Phi) is 5.99. The molecule has 0 aromatic carbocycles. The van der Waals surface area contributed by atoms with E-state index in [1.807, 2.05) is 19.2 Å². The Labute approximate surface area is 193 Å². The minimum absolute atomic E-state index is 0.0498. The van der Waals surface area contributed by atoms with E-state index in [0.717, 1.165) is 48.8 Å². The molecular weight excluding hydrogens is 424 g/mol. The number of carboxylic acids is 1. The fourth-order valence-corrected chi connectivity index (χ4v) is 7.48. The molecule has 2 bridgehead atoms. The number of hydrazine groups is 1. The lowest BCUT2D eigenvalue weighted by Gasteiger charge is -2.34. The molecule has 0 radical (unpaired) electrons. The van der Waals surface area contributed by atoms with Gasteiger partial charge < -0.3 is 5.11 Å². The molecule has 3 N–H and O–H groups in total. The summed E-state index contributed by atoms with van der Waals surface area (Å²) in [6.45, 7) is 10.8. The van der Waals surface area contributed by atoms with Gasteiger partial charge in [-0.3, -0.25) is 25.2 Å². The van der Waals surface area contributed by atoms with Gasteiger partial charge in [0.05, 0.1) is 17.4 Å². The minimum Gasteiger partial charge on any atom is -0.481 e. The molecule has 7 heteroatoms. The molecule has 4 rings (SSSR count). The van der Waals surface area contributed by atoms with E-state index in [1.165, 1.54) is 4.88 Å². The lowest BCUT2D eigenvalue weighted by molar-refractivity contribution is -0.149. The van der Waals surface area contributed by atoms with Gasteiger partial charge in [-0.1, -0.05) is 31.9 Å². The van der Waals surface area contributed by atoms with Crippen LogP contribution in [0.3, 0.4) is 0 Å². The number of rotatable bonds is 3. The van der Waals surface area contributed by atoms with Crippen molar-refractivity contribution >= 4 is 29.1 Å². The van der Waals surface area contributed by atoms with Gasteiger partial charge >= 0.3 is 5.97 Å². The monoisotopic (exact) mass is 458 g/mol. The number of allylic oxidation sites excluding steroid dienone is 2. The molecule has 3 aliphatic rings. The van der Waals surface area contributed by atoms with Gasteiger partial charge in [-0.05, 0) is 74.7 Å². The van der Waals surface area contributed by atoms with Gasteiger partial charge in [0.15, 0.2) is 0 Å². The van der Waals surface area contributed by atoms with Crippen LogP contribution in [0.25, 0.3) is 0 Å². The van der Waals surface area contributed by atoms with Crippen LogP contribution in [0.2, 0.25) is 0 Å². The summed E-state index contributed by atoms with van der Waals surface area (Å²) < 4.78 is 0. The normalized spacial score (nSPS) is 28.9. The van der Waals surface area contributed by atoms with Crippen LogP contribution in [0, 0.1) is 35.0 Å². The topological polar surface area (TPSA) is 95.5 Å². The second-order valence-corrected chi connectivity index (χ2v) is 11.9. The third-order valence-corrected chi connectivity index (χ3v) is 8.98. The zero-order valence-electron chi connectivity index (χ0n) is 19.6. The summed E-state index contributed by atoms with van der Waals surface area (Å²) in [5, 5.41) is 11.7. The Morgan fingerprint density at radius 3 is 2.28 bits per heavy atom. The Morgan fingerprint density at radius 2 is 1.69 bits per heavy atom. The summed E-state index contributed by atoms with van der Waals surface area (Å²) in [4.78, 5) is 39.1. The zero-order valence-corrected chi connectivity index (χ0v) is 20.4. The fourth-order valence-electron chi connectivity index (χ4n) is 6.32. The number of thiophene rings is 1. The van der Waals surface area contributed by atoms with E-state index in [-0.39, 0.29) is 23.2 Å². The molecule has 5 atom stereocenters. The van der Waals surface area contributed by atoms with Crippen molar-refractivity contribution < 1.29 is 19.5 Å². The Bertz CT molecular complexity index is 983. The first-order valence-corrected chi connectivity index (χ1v) is 12.5. The van der Waals surface area contributed by atoms with Crippen molar-refractivity contribution in [3.8, 4) is 0 Å². The van der Waals surface area contributed by atoms with Crippen LogP contribution in [-0.4, -0.2) is 22.9 Å². The van der Waals surface area contributed by atoms with Crippen molar-refractivity contribution in [3.05, 3.63) is 32.5 Å². The van der Waals surface area contributed by atoms with Crippen LogP contribution in [0.1, 0.15) is 74.7 Å². The molecule has 6 nitrogen and oxygen atoms in total. The van der Waals surface area contributed by atoms with Crippen LogP contribution < -0.4 is 10.9 Å².